The molecule has 1 fully saturated rings. The predicted molar refractivity (Wildman–Crippen MR) is 74.4 cm³/mol. The van der Waals surface area contributed by atoms with E-state index in [1.165, 1.54) is 19.3 Å². The number of nitrogens with one attached hydrogen (secondary N) is 1. The molecule has 0 radical (unpaired) electrons. The molecule has 1 aromatic carbocycles. The van der Waals surface area contributed by atoms with E-state index in [1.54, 1.807) is 12.1 Å². The molecule has 4 nitrogen and oxygen atoms in total. The lowest BCUT2D eigenvalue weighted by Crippen LogP contribution is -2.30. The molecule has 0 bridgehead atoms. The second-order valence-electron chi connectivity index (χ2n) is 4.94. The Morgan fingerprint density at radius 2 is 2.28 bits per heavy atom. The molecule has 0 spiro atoms. The zero-order chi connectivity index (χ0) is 13.1. The van der Waals surface area contributed by atoms with Crippen LogP contribution in [0, 0.1) is 16.0 Å². The lowest BCUT2D eigenvalue weighted by molar-refractivity contribution is -0.385. The minimum Gasteiger partial charge on any atom is -0.310 e. The minimum absolute atomic E-state index is 0.133. The van der Waals surface area contributed by atoms with Gasteiger partial charge in [-0.25, -0.2) is 0 Å². The van der Waals surface area contributed by atoms with Crippen molar-refractivity contribution < 1.29 is 4.92 Å². The summed E-state index contributed by atoms with van der Waals surface area (Å²) in [6.07, 6.45) is 3.76. The summed E-state index contributed by atoms with van der Waals surface area (Å²) in [4.78, 5) is 10.5. The maximum Gasteiger partial charge on any atom is 0.283 e. The molecule has 0 amide bonds. The molecule has 1 aromatic rings. The van der Waals surface area contributed by atoms with E-state index in [0.29, 0.717) is 23.0 Å². The third-order valence-electron chi connectivity index (χ3n) is 3.64. The Labute approximate surface area is 115 Å². The molecule has 2 rings (SSSR count). The molecule has 1 N–H and O–H groups in total. The Kier molecular flexibility index (Phi) is 4.35. The molecule has 2 atom stereocenters. The number of nitro groups is 1. The van der Waals surface area contributed by atoms with E-state index in [9.17, 15) is 10.1 Å². The van der Waals surface area contributed by atoms with Gasteiger partial charge in [-0.05, 0) is 46.3 Å². The summed E-state index contributed by atoms with van der Waals surface area (Å²) >= 11 is 3.20. The number of halogens is 1. The van der Waals surface area contributed by atoms with E-state index >= 15 is 0 Å². The van der Waals surface area contributed by atoms with E-state index in [0.717, 1.165) is 5.56 Å². The molecule has 0 aromatic heterocycles. The van der Waals surface area contributed by atoms with Gasteiger partial charge in [-0.15, -0.1) is 0 Å². The van der Waals surface area contributed by atoms with Gasteiger partial charge in [0.15, 0.2) is 0 Å². The number of nitro benzene ring substituents is 1. The van der Waals surface area contributed by atoms with E-state index in [2.05, 4.69) is 28.2 Å². The normalized spacial score (nSPS) is 23.2. The summed E-state index contributed by atoms with van der Waals surface area (Å²) in [5.74, 6) is 0.704. The molecule has 18 heavy (non-hydrogen) atoms. The largest absolute Gasteiger partial charge is 0.310 e. The van der Waals surface area contributed by atoms with Crippen molar-refractivity contribution in [1.29, 1.82) is 0 Å². The van der Waals surface area contributed by atoms with Crippen molar-refractivity contribution in [3.63, 3.8) is 0 Å². The SMILES string of the molecule is CC1CCCC1NCc1ccc(Br)c([N+](=O)[O-])c1. The van der Waals surface area contributed by atoms with Crippen LogP contribution in [0.5, 0.6) is 0 Å². The van der Waals surface area contributed by atoms with E-state index in [-0.39, 0.29) is 10.6 Å². The van der Waals surface area contributed by atoms with Gasteiger partial charge in [-0.2, -0.15) is 0 Å². The monoisotopic (exact) mass is 312 g/mol. The second-order valence-corrected chi connectivity index (χ2v) is 5.79. The van der Waals surface area contributed by atoms with Gasteiger partial charge >= 0.3 is 0 Å². The predicted octanol–water partition coefficient (Wildman–Crippen LogP) is 3.64. The topological polar surface area (TPSA) is 55.2 Å². The zero-order valence-corrected chi connectivity index (χ0v) is 11.9. The highest BCUT2D eigenvalue weighted by atomic mass is 79.9. The van der Waals surface area contributed by atoms with Crippen LogP contribution in [-0.2, 0) is 6.54 Å². The van der Waals surface area contributed by atoms with Gasteiger partial charge in [0.25, 0.3) is 5.69 Å². The summed E-state index contributed by atoms with van der Waals surface area (Å²) in [7, 11) is 0. The van der Waals surface area contributed by atoms with Crippen LogP contribution in [0.15, 0.2) is 22.7 Å². The maximum atomic E-state index is 10.8. The summed E-state index contributed by atoms with van der Waals surface area (Å²) in [6.45, 7) is 2.96. The average Bonchev–Trinajstić information content (AvgIpc) is 2.73. The second kappa shape index (κ2) is 5.80. The third-order valence-corrected chi connectivity index (χ3v) is 4.31. The fourth-order valence-electron chi connectivity index (χ4n) is 2.51. The van der Waals surface area contributed by atoms with Gasteiger partial charge in [0, 0.05) is 18.7 Å². The van der Waals surface area contributed by atoms with Crippen LogP contribution in [0.1, 0.15) is 31.7 Å². The van der Waals surface area contributed by atoms with Gasteiger partial charge in [-0.1, -0.05) is 19.4 Å². The van der Waals surface area contributed by atoms with Crippen molar-refractivity contribution in [2.24, 2.45) is 5.92 Å². The Bertz CT molecular complexity index is 451. The number of benzene rings is 1. The van der Waals surface area contributed by atoms with Crippen LogP contribution in [0.2, 0.25) is 0 Å². The van der Waals surface area contributed by atoms with E-state index in [4.69, 9.17) is 0 Å². The first-order valence-electron chi connectivity index (χ1n) is 6.24. The van der Waals surface area contributed by atoms with Crippen LogP contribution >= 0.6 is 15.9 Å². The van der Waals surface area contributed by atoms with Crippen LogP contribution < -0.4 is 5.32 Å². The summed E-state index contributed by atoms with van der Waals surface area (Å²) in [5, 5.41) is 14.3. The van der Waals surface area contributed by atoms with E-state index < -0.39 is 0 Å². The standard InChI is InChI=1S/C13H17BrN2O2/c1-9-3-2-4-12(9)15-8-10-5-6-11(14)13(7-10)16(17)18/h5-7,9,12,15H,2-4,8H2,1H3. The Morgan fingerprint density at radius 3 is 2.89 bits per heavy atom. The van der Waals surface area contributed by atoms with Gasteiger partial charge in [0.05, 0.1) is 9.40 Å². The van der Waals surface area contributed by atoms with Gasteiger partial charge in [0.1, 0.15) is 0 Å². The minimum atomic E-state index is -0.355. The fourth-order valence-corrected chi connectivity index (χ4v) is 2.90. The molecule has 1 aliphatic rings. The first-order valence-corrected chi connectivity index (χ1v) is 7.03. The Morgan fingerprint density at radius 1 is 1.50 bits per heavy atom. The highest BCUT2D eigenvalue weighted by Gasteiger charge is 2.22. The van der Waals surface area contributed by atoms with E-state index in [1.807, 2.05) is 6.07 Å². The van der Waals surface area contributed by atoms with Gasteiger partial charge in [-0.3, -0.25) is 10.1 Å². The quantitative estimate of drug-likeness (QED) is 0.682. The average molecular weight is 313 g/mol. The molecule has 1 aliphatic carbocycles. The highest BCUT2D eigenvalue weighted by Crippen LogP contribution is 2.27. The third kappa shape index (κ3) is 3.09. The van der Waals surface area contributed by atoms with Crippen molar-refractivity contribution in [3.8, 4) is 0 Å². The van der Waals surface area contributed by atoms with Crippen molar-refractivity contribution in [2.75, 3.05) is 0 Å². The molecule has 0 saturated heterocycles. The molecule has 0 aliphatic heterocycles. The van der Waals surface area contributed by atoms with Crippen LogP contribution in [-0.4, -0.2) is 11.0 Å². The van der Waals surface area contributed by atoms with Crippen LogP contribution in [0.4, 0.5) is 5.69 Å². The summed E-state index contributed by atoms with van der Waals surface area (Å²) in [6, 6.07) is 5.85. The first-order chi connectivity index (χ1) is 8.58. The van der Waals surface area contributed by atoms with Crippen LogP contribution in [0.3, 0.4) is 0 Å². The number of hydrogen-bond acceptors (Lipinski definition) is 3. The molecule has 1 saturated carbocycles. The molecule has 0 heterocycles. The van der Waals surface area contributed by atoms with Gasteiger partial charge in [0.2, 0.25) is 0 Å². The molecular formula is C13H17BrN2O2. The Balaban J connectivity index is 2.01. The molecule has 98 valence electrons. The van der Waals surface area contributed by atoms with Crippen molar-refractivity contribution in [3.05, 3.63) is 38.3 Å². The van der Waals surface area contributed by atoms with Crippen LogP contribution in [0.25, 0.3) is 0 Å². The Hall–Kier alpha value is -0.940. The van der Waals surface area contributed by atoms with Gasteiger partial charge < -0.3 is 5.32 Å². The number of nitrogens with zero attached hydrogens (tertiary/aromatic N) is 1. The number of hydrogen-bond donors (Lipinski definition) is 1. The van der Waals surface area contributed by atoms with Crippen molar-refractivity contribution in [2.45, 2.75) is 38.8 Å². The molecular weight excluding hydrogens is 296 g/mol. The fraction of sp³-hybridized carbons (Fsp3) is 0.538. The van der Waals surface area contributed by atoms with Crippen molar-refractivity contribution >= 4 is 21.6 Å². The maximum absolute atomic E-state index is 10.8. The summed E-state index contributed by atoms with van der Waals surface area (Å²) < 4.78 is 0.533. The highest BCUT2D eigenvalue weighted by molar-refractivity contribution is 9.10. The molecule has 2 unspecified atom stereocenters. The molecule has 5 heteroatoms. The summed E-state index contributed by atoms with van der Waals surface area (Å²) in [5.41, 5.74) is 1.10. The lowest BCUT2D eigenvalue weighted by atomic mass is 10.1. The smallest absolute Gasteiger partial charge is 0.283 e. The first kappa shape index (κ1) is 13.5. The lowest BCUT2D eigenvalue weighted by Gasteiger charge is -2.17. The van der Waals surface area contributed by atoms with Crippen molar-refractivity contribution in [1.82, 2.24) is 5.32 Å². The number of rotatable bonds is 4. The zero-order valence-electron chi connectivity index (χ0n) is 10.4.